The van der Waals surface area contributed by atoms with E-state index in [-0.39, 0.29) is 24.6 Å². The number of nitrogens with zero attached hydrogens (tertiary/aromatic N) is 3. The zero-order chi connectivity index (χ0) is 14.1. The van der Waals surface area contributed by atoms with Gasteiger partial charge in [-0.05, 0) is 0 Å². The molecule has 1 rings (SSSR count). The highest BCUT2D eigenvalue weighted by atomic mass is 16.5. The molecular weight excluding hydrogens is 250 g/mol. The molecule has 7 heteroatoms. The van der Waals surface area contributed by atoms with Crippen LogP contribution in [-0.4, -0.2) is 49.9 Å². The number of ether oxygens (including phenoxy) is 2. The third-order valence-corrected chi connectivity index (χ3v) is 2.41. The van der Waals surface area contributed by atoms with Crippen molar-refractivity contribution in [1.29, 1.82) is 5.26 Å². The molecule has 0 N–H and O–H groups in total. The van der Waals surface area contributed by atoms with Gasteiger partial charge in [0.25, 0.3) is 5.91 Å². The number of amides is 1. The number of carbonyl (C=O) groups excluding carboxylic acids is 1. The van der Waals surface area contributed by atoms with Gasteiger partial charge in [-0.25, -0.2) is 0 Å². The number of hydrogen-bond acceptors (Lipinski definition) is 6. The van der Waals surface area contributed by atoms with Crippen molar-refractivity contribution in [2.24, 2.45) is 0 Å². The molecule has 1 aromatic rings. The van der Waals surface area contributed by atoms with Gasteiger partial charge in [-0.2, -0.15) is 5.26 Å². The summed E-state index contributed by atoms with van der Waals surface area (Å²) in [4.78, 5) is 13.7. The number of aromatic nitrogens is 1. The monoisotopic (exact) mass is 267 g/mol. The topological polar surface area (TPSA) is 88.6 Å². The van der Waals surface area contributed by atoms with Crippen LogP contribution in [0.3, 0.4) is 0 Å². The average molecular weight is 267 g/mol. The summed E-state index contributed by atoms with van der Waals surface area (Å²) in [6, 6.07) is 3.55. The normalized spacial score (nSPS) is 10.2. The van der Waals surface area contributed by atoms with Gasteiger partial charge < -0.3 is 18.9 Å². The molecule has 0 saturated carbocycles. The number of hydrogen-bond donors (Lipinski definition) is 0. The van der Waals surface area contributed by atoms with Gasteiger partial charge in [-0.3, -0.25) is 4.79 Å². The summed E-state index contributed by atoms with van der Waals surface area (Å²) in [6.45, 7) is 1.41. The molecule has 1 heterocycles. The van der Waals surface area contributed by atoms with E-state index in [1.807, 2.05) is 6.07 Å². The summed E-state index contributed by atoms with van der Waals surface area (Å²) in [6.07, 6.45) is 0.262. The zero-order valence-corrected chi connectivity index (χ0v) is 11.1. The molecule has 0 atom stereocenters. The molecule has 0 bridgehead atoms. The van der Waals surface area contributed by atoms with Gasteiger partial charge in [0.05, 0.1) is 19.1 Å². The molecule has 7 nitrogen and oxygen atoms in total. The molecule has 0 aromatic carbocycles. The number of rotatable bonds is 8. The fourth-order valence-electron chi connectivity index (χ4n) is 1.49. The van der Waals surface area contributed by atoms with Crippen LogP contribution < -0.4 is 0 Å². The predicted octanol–water partition coefficient (Wildman–Crippen LogP) is 0.823. The minimum Gasteiger partial charge on any atom is -0.383 e. The lowest BCUT2D eigenvalue weighted by Gasteiger charge is -2.19. The van der Waals surface area contributed by atoms with Crippen molar-refractivity contribution in [3.63, 3.8) is 0 Å². The first-order chi connectivity index (χ1) is 9.22. The van der Waals surface area contributed by atoms with Crippen LogP contribution in [0.15, 0.2) is 10.6 Å². The first-order valence-electron chi connectivity index (χ1n) is 5.82. The number of methoxy groups -OCH3 is 2. The quantitative estimate of drug-likeness (QED) is 0.693. The summed E-state index contributed by atoms with van der Waals surface area (Å²) < 4.78 is 14.8. The van der Waals surface area contributed by atoms with Crippen molar-refractivity contribution in [3.05, 3.63) is 17.5 Å². The van der Waals surface area contributed by atoms with E-state index in [1.165, 1.54) is 18.1 Å². The number of nitriles is 1. The van der Waals surface area contributed by atoms with Crippen LogP contribution in [0.1, 0.15) is 22.7 Å². The third-order valence-electron chi connectivity index (χ3n) is 2.41. The molecule has 0 unspecified atom stereocenters. The lowest BCUT2D eigenvalue weighted by molar-refractivity contribution is 0.0689. The molecule has 19 heavy (non-hydrogen) atoms. The van der Waals surface area contributed by atoms with E-state index in [0.29, 0.717) is 25.5 Å². The second kappa shape index (κ2) is 8.24. The Labute approximate surface area is 111 Å². The lowest BCUT2D eigenvalue weighted by atomic mass is 10.3. The Bertz CT molecular complexity index is 438. The molecule has 104 valence electrons. The Kier molecular flexibility index (Phi) is 6.57. The molecule has 0 spiro atoms. The van der Waals surface area contributed by atoms with E-state index < -0.39 is 0 Å². The fraction of sp³-hybridized carbons (Fsp3) is 0.583. The molecule has 0 saturated heterocycles. The number of carbonyl (C=O) groups is 1. The van der Waals surface area contributed by atoms with Crippen molar-refractivity contribution < 1.29 is 18.8 Å². The molecule has 0 aliphatic heterocycles. The van der Waals surface area contributed by atoms with E-state index in [0.717, 1.165) is 0 Å². The minimum absolute atomic E-state index is 0.209. The summed E-state index contributed by atoms with van der Waals surface area (Å²) in [5, 5.41) is 12.3. The van der Waals surface area contributed by atoms with E-state index >= 15 is 0 Å². The maximum atomic E-state index is 12.2. The van der Waals surface area contributed by atoms with Crippen LogP contribution in [0.25, 0.3) is 0 Å². The van der Waals surface area contributed by atoms with Gasteiger partial charge in [0.15, 0.2) is 11.5 Å². The van der Waals surface area contributed by atoms with Gasteiger partial charge >= 0.3 is 0 Å². The smallest absolute Gasteiger partial charge is 0.276 e. The second-order valence-electron chi connectivity index (χ2n) is 3.80. The summed E-state index contributed by atoms with van der Waals surface area (Å²) in [7, 11) is 3.08. The Balaban J connectivity index is 2.70. The molecule has 0 aliphatic carbocycles. The van der Waals surface area contributed by atoms with Gasteiger partial charge in [0.2, 0.25) is 0 Å². The Hall–Kier alpha value is -1.91. The molecule has 0 fully saturated rings. The van der Waals surface area contributed by atoms with E-state index in [1.54, 1.807) is 7.11 Å². The highest BCUT2D eigenvalue weighted by Crippen LogP contribution is 2.08. The highest BCUT2D eigenvalue weighted by molar-refractivity contribution is 5.92. The van der Waals surface area contributed by atoms with Crippen LogP contribution in [0.4, 0.5) is 0 Å². The maximum Gasteiger partial charge on any atom is 0.276 e. The zero-order valence-electron chi connectivity index (χ0n) is 11.1. The lowest BCUT2D eigenvalue weighted by Crippen LogP contribution is -2.34. The molecule has 1 amide bonds. The van der Waals surface area contributed by atoms with Gasteiger partial charge in [-0.1, -0.05) is 5.16 Å². The third kappa shape index (κ3) is 4.69. The van der Waals surface area contributed by atoms with Crippen molar-refractivity contribution >= 4 is 5.91 Å². The van der Waals surface area contributed by atoms with Gasteiger partial charge in [-0.15, -0.1) is 0 Å². The molecular formula is C12H17N3O4. The average Bonchev–Trinajstić information content (AvgIpc) is 2.87. The van der Waals surface area contributed by atoms with Crippen LogP contribution in [0.5, 0.6) is 0 Å². The Morgan fingerprint density at radius 3 is 2.89 bits per heavy atom. The Morgan fingerprint density at radius 1 is 1.47 bits per heavy atom. The van der Waals surface area contributed by atoms with Crippen molar-refractivity contribution in [3.8, 4) is 6.07 Å². The highest BCUT2D eigenvalue weighted by Gasteiger charge is 2.19. The molecule has 0 aliphatic rings. The van der Waals surface area contributed by atoms with Crippen LogP contribution in [-0.2, 0) is 16.1 Å². The van der Waals surface area contributed by atoms with Crippen LogP contribution in [0, 0.1) is 11.3 Å². The maximum absolute atomic E-state index is 12.2. The van der Waals surface area contributed by atoms with Crippen molar-refractivity contribution in [1.82, 2.24) is 10.1 Å². The van der Waals surface area contributed by atoms with E-state index in [9.17, 15) is 4.79 Å². The van der Waals surface area contributed by atoms with Gasteiger partial charge in [0.1, 0.15) is 6.61 Å². The fourth-order valence-corrected chi connectivity index (χ4v) is 1.49. The summed E-state index contributed by atoms with van der Waals surface area (Å²) in [5.41, 5.74) is 0.209. The van der Waals surface area contributed by atoms with Crippen molar-refractivity contribution in [2.45, 2.75) is 13.0 Å². The first kappa shape index (κ1) is 15.1. The minimum atomic E-state index is -0.279. The van der Waals surface area contributed by atoms with Crippen LogP contribution in [0.2, 0.25) is 0 Å². The second-order valence-corrected chi connectivity index (χ2v) is 3.80. The molecule has 1 aromatic heterocycles. The van der Waals surface area contributed by atoms with Gasteiger partial charge in [0, 0.05) is 33.4 Å². The van der Waals surface area contributed by atoms with E-state index in [4.69, 9.17) is 19.3 Å². The standard InChI is InChI=1S/C12H17N3O4/c1-17-7-6-15(5-3-4-13)12(16)11-8-10(9-18-2)19-14-11/h8H,3,5-7,9H2,1-2H3. The molecule has 0 radical (unpaired) electrons. The Morgan fingerprint density at radius 2 is 2.26 bits per heavy atom. The van der Waals surface area contributed by atoms with Crippen LogP contribution >= 0.6 is 0 Å². The largest absolute Gasteiger partial charge is 0.383 e. The van der Waals surface area contributed by atoms with Crippen molar-refractivity contribution in [2.75, 3.05) is 33.9 Å². The SMILES string of the molecule is COCCN(CCC#N)C(=O)c1cc(COC)on1. The van der Waals surface area contributed by atoms with E-state index in [2.05, 4.69) is 5.16 Å². The summed E-state index contributed by atoms with van der Waals surface area (Å²) in [5.74, 6) is 0.205. The first-order valence-corrected chi connectivity index (χ1v) is 5.82. The summed E-state index contributed by atoms with van der Waals surface area (Å²) >= 11 is 0. The predicted molar refractivity (Wildman–Crippen MR) is 65.2 cm³/mol.